The lowest BCUT2D eigenvalue weighted by Crippen LogP contribution is -2.32. The molecule has 0 saturated carbocycles. The molecule has 9 rings (SSSR count). The van der Waals surface area contributed by atoms with Gasteiger partial charge in [0.25, 0.3) is 0 Å². The van der Waals surface area contributed by atoms with Crippen LogP contribution in [-0.2, 0) is 4.57 Å². The summed E-state index contributed by atoms with van der Waals surface area (Å²) < 4.78 is 17.4. The Morgan fingerprint density at radius 3 is 2.03 bits per heavy atom. The van der Waals surface area contributed by atoms with Crippen LogP contribution in [0.2, 0.25) is 0 Å². The van der Waals surface area contributed by atoms with Crippen molar-refractivity contribution < 1.29 is 4.57 Å². The van der Waals surface area contributed by atoms with Crippen molar-refractivity contribution in [2.45, 2.75) is 0 Å². The summed E-state index contributed by atoms with van der Waals surface area (Å²) in [7, 11) is -3.10. The number of nitrogens with zero attached hydrogens (tertiary/aromatic N) is 2. The summed E-state index contributed by atoms with van der Waals surface area (Å²) in [4.78, 5) is 5.23. The Balaban J connectivity index is 1.41. The first-order valence-corrected chi connectivity index (χ1v) is 14.9. The Labute approximate surface area is 225 Å². The van der Waals surface area contributed by atoms with E-state index in [4.69, 9.17) is 4.98 Å². The van der Waals surface area contributed by atoms with Crippen molar-refractivity contribution in [3.8, 4) is 39.3 Å². The van der Waals surface area contributed by atoms with Crippen molar-refractivity contribution >= 4 is 44.9 Å². The van der Waals surface area contributed by atoms with Crippen LogP contribution in [-0.4, -0.2) is 9.55 Å². The van der Waals surface area contributed by atoms with E-state index in [9.17, 15) is 0 Å². The SMILES string of the molecule is O=P1(c2ccccc2)c2ccccc2-n2c(-c3ccc4c5c(cccc35)-c3ccccc3-4)nc3cccc1c32. The maximum absolute atomic E-state index is 15.2. The normalized spacial score (nSPS) is 16.4. The molecule has 0 fully saturated rings. The van der Waals surface area contributed by atoms with Gasteiger partial charge in [0, 0.05) is 21.5 Å². The molecule has 0 N–H and O–H groups in total. The Bertz CT molecular complexity index is 2180. The average Bonchev–Trinajstić information content (AvgIpc) is 3.55. The fourth-order valence-corrected chi connectivity index (χ4v) is 9.76. The van der Waals surface area contributed by atoms with Crippen LogP contribution in [0, 0.1) is 0 Å². The van der Waals surface area contributed by atoms with Crippen LogP contribution in [0.25, 0.3) is 61.1 Å². The van der Waals surface area contributed by atoms with Crippen LogP contribution < -0.4 is 15.9 Å². The largest absolute Gasteiger partial charge is 0.308 e. The van der Waals surface area contributed by atoms with Gasteiger partial charge in [-0.25, -0.2) is 4.98 Å². The summed E-state index contributed by atoms with van der Waals surface area (Å²) in [5, 5.41) is 5.01. The number of rotatable bonds is 2. The molecule has 0 bridgehead atoms. The summed E-state index contributed by atoms with van der Waals surface area (Å²) in [6.45, 7) is 0. The maximum atomic E-state index is 15.2. The predicted molar refractivity (Wildman–Crippen MR) is 161 cm³/mol. The summed E-state index contributed by atoms with van der Waals surface area (Å²) >= 11 is 0. The Kier molecular flexibility index (Phi) is 4.05. The van der Waals surface area contributed by atoms with Gasteiger partial charge in [0.05, 0.1) is 16.7 Å². The Morgan fingerprint density at radius 1 is 0.538 bits per heavy atom. The maximum Gasteiger partial charge on any atom is 0.175 e. The number of hydrogen-bond acceptors (Lipinski definition) is 2. The standard InChI is InChI=1S/C35H21N2OP/c38-39(22-10-2-1-3-11-22)31-18-7-6-17-30(31)37-34-29(16-9-19-32(34)39)36-35(37)28-21-20-27-24-13-5-4-12-23(24)25-14-8-15-26(28)33(25)27/h1-21H. The minimum Gasteiger partial charge on any atom is -0.308 e. The Morgan fingerprint density at radius 2 is 1.18 bits per heavy atom. The molecule has 6 aromatic carbocycles. The highest BCUT2D eigenvalue weighted by molar-refractivity contribution is 7.86. The van der Waals surface area contributed by atoms with Crippen molar-refractivity contribution in [1.82, 2.24) is 9.55 Å². The number of benzene rings is 6. The zero-order valence-corrected chi connectivity index (χ0v) is 21.8. The second-order valence-electron chi connectivity index (χ2n) is 10.3. The van der Waals surface area contributed by atoms with E-state index in [0.29, 0.717) is 0 Å². The molecule has 0 saturated heterocycles. The fourth-order valence-electron chi connectivity index (χ4n) is 6.75. The second kappa shape index (κ2) is 7.44. The number of hydrogen-bond donors (Lipinski definition) is 0. The molecule has 4 heteroatoms. The molecule has 2 aliphatic rings. The van der Waals surface area contributed by atoms with Gasteiger partial charge >= 0.3 is 0 Å². The summed E-state index contributed by atoms with van der Waals surface area (Å²) in [5.74, 6) is 0.879. The summed E-state index contributed by atoms with van der Waals surface area (Å²) in [6.07, 6.45) is 0. The van der Waals surface area contributed by atoms with E-state index in [2.05, 4.69) is 65.2 Å². The third-order valence-electron chi connectivity index (χ3n) is 8.37. The van der Waals surface area contributed by atoms with Gasteiger partial charge in [-0.05, 0) is 63.4 Å². The van der Waals surface area contributed by atoms with Crippen LogP contribution >= 0.6 is 7.14 Å². The summed E-state index contributed by atoms with van der Waals surface area (Å²) in [5.41, 5.74) is 8.91. The molecule has 39 heavy (non-hydrogen) atoms. The fraction of sp³-hybridized carbons (Fsp3) is 0. The smallest absolute Gasteiger partial charge is 0.175 e. The van der Waals surface area contributed by atoms with E-state index < -0.39 is 7.14 Å². The van der Waals surface area contributed by atoms with Gasteiger partial charge in [-0.15, -0.1) is 0 Å². The second-order valence-corrected chi connectivity index (χ2v) is 13.0. The zero-order chi connectivity index (χ0) is 25.7. The van der Waals surface area contributed by atoms with E-state index in [1.165, 1.54) is 33.0 Å². The van der Waals surface area contributed by atoms with Crippen LogP contribution in [0.3, 0.4) is 0 Å². The van der Waals surface area contributed by atoms with E-state index in [-0.39, 0.29) is 0 Å². The van der Waals surface area contributed by atoms with Gasteiger partial charge in [-0.3, -0.25) is 4.57 Å². The third-order valence-corrected chi connectivity index (χ3v) is 11.5. The third kappa shape index (κ3) is 2.58. The lowest BCUT2D eigenvalue weighted by molar-refractivity contribution is 0.592. The predicted octanol–water partition coefficient (Wildman–Crippen LogP) is 7.45. The van der Waals surface area contributed by atoms with Gasteiger partial charge < -0.3 is 4.57 Å². The van der Waals surface area contributed by atoms with Crippen LogP contribution in [0.5, 0.6) is 0 Å². The average molecular weight is 517 g/mol. The van der Waals surface area contributed by atoms with Crippen molar-refractivity contribution in [3.63, 3.8) is 0 Å². The molecule has 7 aromatic rings. The molecule has 1 aliphatic heterocycles. The number of para-hydroxylation sites is 2. The molecule has 1 unspecified atom stereocenters. The molecule has 1 aliphatic carbocycles. The van der Waals surface area contributed by atoms with Crippen molar-refractivity contribution in [1.29, 1.82) is 0 Å². The van der Waals surface area contributed by atoms with Gasteiger partial charge in [0.2, 0.25) is 0 Å². The molecule has 0 spiro atoms. The van der Waals surface area contributed by atoms with Gasteiger partial charge in [0.1, 0.15) is 5.82 Å². The lowest BCUT2D eigenvalue weighted by atomic mass is 9.98. The van der Waals surface area contributed by atoms with E-state index in [1.807, 2.05) is 66.7 Å². The molecule has 1 aromatic heterocycles. The first kappa shape index (κ1) is 21.2. The van der Waals surface area contributed by atoms with E-state index in [1.54, 1.807) is 0 Å². The number of imidazole rings is 1. The topological polar surface area (TPSA) is 34.9 Å². The van der Waals surface area contributed by atoms with Gasteiger partial charge in [-0.1, -0.05) is 97.1 Å². The number of aromatic nitrogens is 2. The van der Waals surface area contributed by atoms with E-state index >= 15 is 4.57 Å². The van der Waals surface area contributed by atoms with Gasteiger partial charge in [-0.2, -0.15) is 0 Å². The van der Waals surface area contributed by atoms with Crippen molar-refractivity contribution in [2.75, 3.05) is 0 Å². The highest BCUT2D eigenvalue weighted by Crippen LogP contribution is 2.52. The quantitative estimate of drug-likeness (QED) is 0.224. The minimum absolute atomic E-state index is 0.849. The van der Waals surface area contributed by atoms with Crippen molar-refractivity contribution in [2.24, 2.45) is 0 Å². The highest BCUT2D eigenvalue weighted by Gasteiger charge is 2.40. The summed E-state index contributed by atoms with van der Waals surface area (Å²) in [6, 6.07) is 43.8. The van der Waals surface area contributed by atoms with Crippen LogP contribution in [0.15, 0.2) is 127 Å². The Hall–Kier alpha value is -4.72. The molecule has 1 atom stereocenters. The first-order valence-electron chi connectivity index (χ1n) is 13.2. The minimum atomic E-state index is -3.10. The lowest BCUT2D eigenvalue weighted by Gasteiger charge is -2.29. The molecular formula is C35H21N2OP. The van der Waals surface area contributed by atoms with Crippen LogP contribution in [0.4, 0.5) is 0 Å². The van der Waals surface area contributed by atoms with Crippen molar-refractivity contribution in [3.05, 3.63) is 127 Å². The van der Waals surface area contributed by atoms with E-state index in [0.717, 1.165) is 44.0 Å². The highest BCUT2D eigenvalue weighted by atomic mass is 31.2. The molecular weight excluding hydrogens is 495 g/mol. The molecule has 2 heterocycles. The molecule has 182 valence electrons. The molecule has 0 radical (unpaired) electrons. The first-order chi connectivity index (χ1) is 19.2. The van der Waals surface area contributed by atoms with Gasteiger partial charge in [0.15, 0.2) is 7.14 Å². The monoisotopic (exact) mass is 516 g/mol. The number of fused-ring (bicyclic) bond motifs is 5. The molecule has 3 nitrogen and oxygen atoms in total. The zero-order valence-electron chi connectivity index (χ0n) is 20.9. The van der Waals surface area contributed by atoms with Crippen LogP contribution in [0.1, 0.15) is 0 Å². The molecule has 0 amide bonds.